The van der Waals surface area contributed by atoms with Gasteiger partial charge in [-0.25, -0.2) is 4.79 Å². The highest BCUT2D eigenvalue weighted by atomic mass is 16.2. The van der Waals surface area contributed by atoms with Gasteiger partial charge in [0, 0.05) is 25.3 Å². The number of benzene rings is 1. The number of likely N-dealkylation sites (tertiary alicyclic amines) is 1. The van der Waals surface area contributed by atoms with E-state index < -0.39 is 0 Å². The molecule has 2 amide bonds. The van der Waals surface area contributed by atoms with Crippen LogP contribution in [0.2, 0.25) is 0 Å². The quantitative estimate of drug-likeness (QED) is 0.812. The molecule has 2 N–H and O–H groups in total. The van der Waals surface area contributed by atoms with E-state index in [-0.39, 0.29) is 12.1 Å². The molecule has 2 aliphatic heterocycles. The molecule has 3 rings (SSSR count). The third-order valence-electron chi connectivity index (χ3n) is 3.99. The third-order valence-corrected chi connectivity index (χ3v) is 3.99. The van der Waals surface area contributed by atoms with E-state index in [2.05, 4.69) is 28.8 Å². The van der Waals surface area contributed by atoms with E-state index in [9.17, 15) is 4.79 Å². The molecule has 0 bridgehead atoms. The Labute approximate surface area is 114 Å². The van der Waals surface area contributed by atoms with E-state index in [1.54, 1.807) is 0 Å². The Kier molecular flexibility index (Phi) is 3.58. The molecule has 1 saturated heterocycles. The number of nitrogens with one attached hydrogen (secondary N) is 2. The van der Waals surface area contributed by atoms with E-state index >= 15 is 0 Å². The number of amides is 2. The second-order valence-electron chi connectivity index (χ2n) is 5.44. The van der Waals surface area contributed by atoms with E-state index in [1.807, 2.05) is 11.0 Å². The van der Waals surface area contributed by atoms with Crippen LogP contribution in [0.15, 0.2) is 24.3 Å². The number of hydrogen-bond donors (Lipinski definition) is 2. The first-order valence-corrected chi connectivity index (χ1v) is 7.20. The maximum absolute atomic E-state index is 12.2. The maximum atomic E-state index is 12.2. The van der Waals surface area contributed by atoms with Crippen molar-refractivity contribution in [2.24, 2.45) is 0 Å². The van der Waals surface area contributed by atoms with Crippen LogP contribution in [0.4, 0.5) is 10.5 Å². The summed E-state index contributed by atoms with van der Waals surface area (Å²) in [7, 11) is 0. The van der Waals surface area contributed by atoms with Gasteiger partial charge in [0.25, 0.3) is 0 Å². The number of urea groups is 1. The molecule has 2 aliphatic rings. The lowest BCUT2D eigenvalue weighted by Crippen LogP contribution is -2.50. The highest BCUT2D eigenvalue weighted by molar-refractivity contribution is 5.75. The molecule has 0 aromatic heterocycles. The summed E-state index contributed by atoms with van der Waals surface area (Å²) in [6.45, 7) is 2.63. The van der Waals surface area contributed by atoms with Crippen molar-refractivity contribution in [1.29, 1.82) is 0 Å². The fraction of sp³-hybridized carbons (Fsp3) is 0.533. The van der Waals surface area contributed by atoms with E-state index in [1.165, 1.54) is 17.7 Å². The molecule has 0 saturated carbocycles. The second kappa shape index (κ2) is 5.51. The zero-order chi connectivity index (χ0) is 13.1. The normalized spacial score (nSPS) is 22.3. The number of anilines is 1. The molecule has 1 aromatic rings. The molecule has 4 nitrogen and oxygen atoms in total. The first-order valence-electron chi connectivity index (χ1n) is 7.20. The highest BCUT2D eigenvalue weighted by Crippen LogP contribution is 2.21. The Morgan fingerprint density at radius 1 is 1.21 bits per heavy atom. The van der Waals surface area contributed by atoms with Crippen LogP contribution < -0.4 is 10.6 Å². The van der Waals surface area contributed by atoms with Crippen LogP contribution in [-0.4, -0.2) is 36.6 Å². The molecule has 2 heterocycles. The van der Waals surface area contributed by atoms with Crippen molar-refractivity contribution in [3.63, 3.8) is 0 Å². The molecule has 4 heteroatoms. The Bertz CT molecular complexity index is 454. The summed E-state index contributed by atoms with van der Waals surface area (Å²) in [6, 6.07) is 8.61. The van der Waals surface area contributed by atoms with Crippen molar-refractivity contribution in [3.8, 4) is 0 Å². The standard InChI is InChI=1S/C15H21N3O/c19-15(18-8-4-1-5-9-18)17-13-10-12-6-2-3-7-14(12)16-11-13/h2-3,6-7,13,16H,1,4-5,8-11H2,(H,17,19). The van der Waals surface area contributed by atoms with Crippen molar-refractivity contribution >= 4 is 11.7 Å². The van der Waals surface area contributed by atoms with Gasteiger partial charge in [0.1, 0.15) is 0 Å². The van der Waals surface area contributed by atoms with Gasteiger partial charge in [0.2, 0.25) is 0 Å². The number of para-hydroxylation sites is 1. The van der Waals surface area contributed by atoms with Gasteiger partial charge < -0.3 is 15.5 Å². The highest BCUT2D eigenvalue weighted by Gasteiger charge is 2.22. The molecule has 0 radical (unpaired) electrons. The van der Waals surface area contributed by atoms with Crippen LogP contribution in [0.5, 0.6) is 0 Å². The van der Waals surface area contributed by atoms with Gasteiger partial charge in [-0.1, -0.05) is 18.2 Å². The van der Waals surface area contributed by atoms with Crippen LogP contribution in [0.3, 0.4) is 0 Å². The Balaban J connectivity index is 1.58. The lowest BCUT2D eigenvalue weighted by Gasteiger charge is -2.31. The first-order chi connectivity index (χ1) is 9.33. The number of rotatable bonds is 1. The van der Waals surface area contributed by atoms with Gasteiger partial charge >= 0.3 is 6.03 Å². The summed E-state index contributed by atoms with van der Waals surface area (Å²) < 4.78 is 0. The molecule has 19 heavy (non-hydrogen) atoms. The van der Waals surface area contributed by atoms with Crippen molar-refractivity contribution in [2.75, 3.05) is 25.0 Å². The minimum Gasteiger partial charge on any atom is -0.383 e. The first kappa shape index (κ1) is 12.3. The Morgan fingerprint density at radius 3 is 2.84 bits per heavy atom. The minimum absolute atomic E-state index is 0.103. The number of carbonyl (C=O) groups excluding carboxylic acids is 1. The molecule has 0 spiro atoms. The van der Waals surface area contributed by atoms with Crippen LogP contribution in [0.1, 0.15) is 24.8 Å². The maximum Gasteiger partial charge on any atom is 0.317 e. The molecule has 1 fully saturated rings. The molecule has 1 unspecified atom stereocenters. The number of piperidine rings is 1. The predicted molar refractivity (Wildman–Crippen MR) is 76.4 cm³/mol. The number of nitrogens with zero attached hydrogens (tertiary/aromatic N) is 1. The van der Waals surface area contributed by atoms with Gasteiger partial charge in [0.15, 0.2) is 0 Å². The second-order valence-corrected chi connectivity index (χ2v) is 5.44. The summed E-state index contributed by atoms with van der Waals surface area (Å²) in [5.41, 5.74) is 2.49. The van der Waals surface area contributed by atoms with Crippen molar-refractivity contribution in [3.05, 3.63) is 29.8 Å². The van der Waals surface area contributed by atoms with Crippen LogP contribution >= 0.6 is 0 Å². The van der Waals surface area contributed by atoms with E-state index in [4.69, 9.17) is 0 Å². The van der Waals surface area contributed by atoms with Gasteiger partial charge in [-0.2, -0.15) is 0 Å². The molecule has 102 valence electrons. The van der Waals surface area contributed by atoms with Crippen LogP contribution in [0.25, 0.3) is 0 Å². The zero-order valence-corrected chi connectivity index (χ0v) is 11.2. The molecule has 1 aromatic carbocycles. The Hall–Kier alpha value is -1.71. The monoisotopic (exact) mass is 259 g/mol. The number of fused-ring (bicyclic) bond motifs is 1. The average molecular weight is 259 g/mol. The average Bonchev–Trinajstić information content (AvgIpc) is 2.48. The molecular formula is C15H21N3O. The largest absolute Gasteiger partial charge is 0.383 e. The summed E-state index contributed by atoms with van der Waals surface area (Å²) in [6.07, 6.45) is 4.45. The summed E-state index contributed by atoms with van der Waals surface area (Å²) in [5.74, 6) is 0. The van der Waals surface area contributed by atoms with Gasteiger partial charge in [-0.05, 0) is 37.3 Å². The van der Waals surface area contributed by atoms with Crippen molar-refractivity contribution in [2.45, 2.75) is 31.7 Å². The fourth-order valence-corrected chi connectivity index (χ4v) is 2.91. The van der Waals surface area contributed by atoms with Crippen molar-refractivity contribution in [1.82, 2.24) is 10.2 Å². The fourth-order valence-electron chi connectivity index (χ4n) is 2.91. The van der Waals surface area contributed by atoms with Gasteiger partial charge in [0.05, 0.1) is 6.04 Å². The topological polar surface area (TPSA) is 44.4 Å². The summed E-state index contributed by atoms with van der Waals surface area (Å²) in [5, 5.41) is 6.54. The minimum atomic E-state index is 0.103. The van der Waals surface area contributed by atoms with Crippen molar-refractivity contribution < 1.29 is 4.79 Å². The zero-order valence-electron chi connectivity index (χ0n) is 11.2. The lowest BCUT2D eigenvalue weighted by molar-refractivity contribution is 0.182. The number of hydrogen-bond acceptors (Lipinski definition) is 2. The molecule has 0 aliphatic carbocycles. The predicted octanol–water partition coefficient (Wildman–Crippen LogP) is 2.22. The summed E-state index contributed by atoms with van der Waals surface area (Å²) in [4.78, 5) is 14.1. The lowest BCUT2D eigenvalue weighted by atomic mass is 10.00. The number of carbonyl (C=O) groups is 1. The third kappa shape index (κ3) is 2.83. The Morgan fingerprint density at radius 2 is 2.00 bits per heavy atom. The molecule has 1 atom stereocenters. The van der Waals surface area contributed by atoms with Gasteiger partial charge in [-0.15, -0.1) is 0 Å². The van der Waals surface area contributed by atoms with Gasteiger partial charge in [-0.3, -0.25) is 0 Å². The van der Waals surface area contributed by atoms with E-state index in [0.29, 0.717) is 0 Å². The van der Waals surface area contributed by atoms with E-state index in [0.717, 1.165) is 38.9 Å². The van der Waals surface area contributed by atoms with Crippen LogP contribution in [0, 0.1) is 0 Å². The SMILES string of the molecule is O=C(NC1CNc2ccccc2C1)N1CCCCC1. The molecular weight excluding hydrogens is 238 g/mol. The van der Waals surface area contributed by atoms with Crippen LogP contribution in [-0.2, 0) is 6.42 Å². The summed E-state index contributed by atoms with van der Waals surface area (Å²) >= 11 is 0. The smallest absolute Gasteiger partial charge is 0.317 e.